The molecule has 1 heterocycles. The van der Waals surface area contributed by atoms with Gasteiger partial charge in [-0.3, -0.25) is 14.4 Å². The molecule has 0 saturated heterocycles. The molecule has 5 atom stereocenters. The van der Waals surface area contributed by atoms with Crippen LogP contribution in [0.3, 0.4) is 0 Å². The molecule has 0 spiro atoms. The number of methoxy groups -OCH3 is 2. The van der Waals surface area contributed by atoms with E-state index in [1.54, 1.807) is 32.1 Å². The second-order valence-corrected chi connectivity index (χ2v) is 9.74. The molecule has 0 fully saturated rings. The van der Waals surface area contributed by atoms with E-state index in [-0.39, 0.29) is 47.3 Å². The quantitative estimate of drug-likeness (QED) is 0.372. The molecule has 2 amide bonds. The number of nitrogens with one attached hydrogen (secondary N) is 1. The number of primary amides is 1. The van der Waals surface area contributed by atoms with Crippen molar-refractivity contribution in [2.24, 2.45) is 17.6 Å². The molecule has 0 unspecified atom stereocenters. The van der Waals surface area contributed by atoms with Crippen molar-refractivity contribution in [1.82, 2.24) is 5.32 Å². The van der Waals surface area contributed by atoms with Crippen LogP contribution in [0.25, 0.3) is 0 Å². The Labute approximate surface area is 223 Å². The summed E-state index contributed by atoms with van der Waals surface area (Å²) >= 11 is 0. The highest BCUT2D eigenvalue weighted by Crippen LogP contribution is 2.29. The molecule has 0 aromatic heterocycles. The van der Waals surface area contributed by atoms with E-state index in [1.165, 1.54) is 20.3 Å². The predicted octanol–water partition coefficient (Wildman–Crippen LogP) is 2.78. The summed E-state index contributed by atoms with van der Waals surface area (Å²) in [6, 6.07) is 0. The van der Waals surface area contributed by atoms with E-state index < -0.39 is 41.9 Å². The van der Waals surface area contributed by atoms with E-state index in [9.17, 15) is 24.3 Å². The summed E-state index contributed by atoms with van der Waals surface area (Å²) in [5.41, 5.74) is 6.26. The maximum Gasteiger partial charge on any atom is 0.405 e. The van der Waals surface area contributed by atoms with E-state index in [0.717, 1.165) is 6.08 Å². The van der Waals surface area contributed by atoms with E-state index in [4.69, 9.17) is 19.9 Å². The van der Waals surface area contributed by atoms with Gasteiger partial charge in [-0.2, -0.15) is 0 Å². The van der Waals surface area contributed by atoms with E-state index in [1.807, 2.05) is 13.8 Å². The molecular weight excluding hydrogens is 492 g/mol. The number of carbonyl (C=O) groups excluding carboxylic acids is 4. The third kappa shape index (κ3) is 8.00. The summed E-state index contributed by atoms with van der Waals surface area (Å²) < 4.78 is 16.1. The van der Waals surface area contributed by atoms with Crippen LogP contribution in [-0.2, 0) is 28.6 Å². The highest BCUT2D eigenvalue weighted by atomic mass is 16.6. The zero-order valence-electron chi connectivity index (χ0n) is 22.8. The molecule has 10 nitrogen and oxygen atoms in total. The molecule has 10 heteroatoms. The van der Waals surface area contributed by atoms with Gasteiger partial charge in [0.1, 0.15) is 6.10 Å². The summed E-state index contributed by atoms with van der Waals surface area (Å²) in [4.78, 5) is 50.2. The summed E-state index contributed by atoms with van der Waals surface area (Å²) in [6.45, 7) is 7.03. The molecular formula is C28H38N2O8. The Kier molecular flexibility index (Phi) is 11.2. The first-order valence-electron chi connectivity index (χ1n) is 12.5. The fourth-order valence-corrected chi connectivity index (χ4v) is 4.52. The molecule has 0 aromatic rings. The van der Waals surface area contributed by atoms with Crippen molar-refractivity contribution in [3.05, 3.63) is 58.6 Å². The van der Waals surface area contributed by atoms with Crippen molar-refractivity contribution in [1.29, 1.82) is 0 Å². The number of aliphatic hydroxyl groups excluding tert-OH is 1. The second kappa shape index (κ2) is 13.9. The molecule has 2 bridgehead atoms. The van der Waals surface area contributed by atoms with Crippen molar-refractivity contribution in [2.45, 2.75) is 65.3 Å². The maximum atomic E-state index is 13.3. The fraction of sp³-hybridized carbons (Fsp3) is 0.500. The first-order valence-corrected chi connectivity index (χ1v) is 12.5. The lowest BCUT2D eigenvalue weighted by atomic mass is 9.85. The largest absolute Gasteiger partial charge is 0.492 e. The second-order valence-electron chi connectivity index (χ2n) is 9.74. The third-order valence-electron chi connectivity index (χ3n) is 6.64. The Bertz CT molecular complexity index is 1100. The average Bonchev–Trinajstić information content (AvgIpc) is 2.85. The smallest absolute Gasteiger partial charge is 0.405 e. The number of Topliss-reactive ketones (excluding diaryl/α,β-unsaturated/α-hetero) is 1. The summed E-state index contributed by atoms with van der Waals surface area (Å²) in [7, 11) is 2.81. The maximum absolute atomic E-state index is 13.3. The van der Waals surface area contributed by atoms with Crippen LogP contribution < -0.4 is 11.1 Å². The topological polar surface area (TPSA) is 154 Å². The Morgan fingerprint density at radius 1 is 1.16 bits per heavy atom. The zero-order chi connectivity index (χ0) is 28.6. The molecule has 0 saturated carbocycles. The van der Waals surface area contributed by atoms with Gasteiger partial charge in [0.2, 0.25) is 11.6 Å². The average molecular weight is 531 g/mol. The summed E-state index contributed by atoms with van der Waals surface area (Å²) in [5.74, 6) is -2.21. The van der Waals surface area contributed by atoms with Crippen LogP contribution in [0.1, 0.15) is 47.0 Å². The van der Waals surface area contributed by atoms with Gasteiger partial charge in [0.25, 0.3) is 5.91 Å². The van der Waals surface area contributed by atoms with Crippen LogP contribution in [0.4, 0.5) is 4.79 Å². The van der Waals surface area contributed by atoms with Crippen molar-refractivity contribution in [2.75, 3.05) is 14.2 Å². The van der Waals surface area contributed by atoms with Gasteiger partial charge in [-0.1, -0.05) is 38.2 Å². The predicted molar refractivity (Wildman–Crippen MR) is 140 cm³/mol. The van der Waals surface area contributed by atoms with Gasteiger partial charge in [0, 0.05) is 36.7 Å². The van der Waals surface area contributed by atoms with E-state index in [0.29, 0.717) is 12.0 Å². The molecule has 38 heavy (non-hydrogen) atoms. The number of ether oxygens (including phenoxy) is 3. The van der Waals surface area contributed by atoms with Crippen LogP contribution in [0, 0.1) is 11.8 Å². The van der Waals surface area contributed by atoms with Crippen LogP contribution in [-0.4, -0.2) is 61.2 Å². The van der Waals surface area contributed by atoms with Gasteiger partial charge >= 0.3 is 6.09 Å². The zero-order valence-corrected chi connectivity index (χ0v) is 22.8. The first-order chi connectivity index (χ1) is 17.9. The number of rotatable bonds is 3. The van der Waals surface area contributed by atoms with Crippen molar-refractivity contribution in [3.63, 3.8) is 0 Å². The Morgan fingerprint density at radius 2 is 1.84 bits per heavy atom. The lowest BCUT2D eigenvalue weighted by Crippen LogP contribution is -2.36. The van der Waals surface area contributed by atoms with Gasteiger partial charge in [-0.15, -0.1) is 0 Å². The summed E-state index contributed by atoms with van der Waals surface area (Å²) in [6.07, 6.45) is 5.42. The number of nitrogens with two attached hydrogens (primary N) is 1. The minimum absolute atomic E-state index is 0.0668. The monoisotopic (exact) mass is 530 g/mol. The SMILES string of the molecule is COC1=C2C[C@@H](C)C[C@H](OC)[C@@H](O)[C@@H](C)/C=C(/C)[C@@H](OC(N)=O)C/C=C/C=C(/C)C(=O)NC(=CC1=O)C2=O. The number of aliphatic hydroxyl groups is 1. The normalized spacial score (nSPS) is 31.8. The lowest BCUT2D eigenvalue weighted by Gasteiger charge is -2.29. The third-order valence-corrected chi connectivity index (χ3v) is 6.64. The van der Waals surface area contributed by atoms with Crippen LogP contribution in [0.5, 0.6) is 0 Å². The Morgan fingerprint density at radius 3 is 2.45 bits per heavy atom. The number of hydrogen-bond donors (Lipinski definition) is 3. The number of fused-ring (bicyclic) bond motifs is 2. The number of allylic oxidation sites excluding steroid dienone is 4. The van der Waals surface area contributed by atoms with Gasteiger partial charge in [0.15, 0.2) is 5.76 Å². The van der Waals surface area contributed by atoms with Crippen LogP contribution in [0.15, 0.2) is 58.6 Å². The lowest BCUT2D eigenvalue weighted by molar-refractivity contribution is -0.120. The van der Waals surface area contributed by atoms with E-state index in [2.05, 4.69) is 5.32 Å². The van der Waals surface area contributed by atoms with Crippen LogP contribution >= 0.6 is 0 Å². The van der Waals surface area contributed by atoms with Crippen molar-refractivity contribution < 1.29 is 38.5 Å². The molecule has 2 rings (SSSR count). The summed E-state index contributed by atoms with van der Waals surface area (Å²) in [5, 5.41) is 13.6. The number of hydrogen-bond acceptors (Lipinski definition) is 8. The van der Waals surface area contributed by atoms with E-state index >= 15 is 0 Å². The van der Waals surface area contributed by atoms with Crippen molar-refractivity contribution >= 4 is 23.6 Å². The van der Waals surface area contributed by atoms with Gasteiger partial charge in [-0.05, 0) is 38.2 Å². The number of amides is 2. The highest BCUT2D eigenvalue weighted by molar-refractivity contribution is 6.23. The number of carbonyl (C=O) groups is 4. The van der Waals surface area contributed by atoms with Crippen LogP contribution in [0.2, 0.25) is 0 Å². The molecule has 1 aliphatic carbocycles. The minimum Gasteiger partial charge on any atom is -0.492 e. The van der Waals surface area contributed by atoms with Gasteiger partial charge in [-0.25, -0.2) is 4.79 Å². The molecule has 0 radical (unpaired) electrons. The van der Waals surface area contributed by atoms with Gasteiger partial charge in [0.05, 0.1) is 25.0 Å². The first kappa shape index (κ1) is 30.7. The molecule has 1 aliphatic heterocycles. The molecule has 2 aliphatic rings. The Balaban J connectivity index is 2.51. The molecule has 208 valence electrons. The minimum atomic E-state index is -0.930. The fourth-order valence-electron chi connectivity index (χ4n) is 4.52. The van der Waals surface area contributed by atoms with Gasteiger partial charge < -0.3 is 30.4 Å². The Hall–Kier alpha value is -3.50. The van der Waals surface area contributed by atoms with Crippen molar-refractivity contribution in [3.8, 4) is 0 Å². The molecule has 0 aromatic carbocycles. The highest BCUT2D eigenvalue weighted by Gasteiger charge is 2.33. The number of ketones is 2. The standard InChI is InChI=1S/C28H38N2O8/c1-15-11-19-25(33)20(14-21(31)26(19)37-6)30-27(34)16(2)9-7-8-10-22(38-28(29)35)17(3)13-18(4)24(32)23(12-15)36-5/h7-9,13-15,18,22-24,32H,10-12H2,1-6H3,(H2,29,35)(H,30,34)/b8-7+,16-9-,17-13-/t15-,18+,22+,23+,24+/m1/s1. The molecule has 4 N–H and O–H groups in total.